The highest BCUT2D eigenvalue weighted by Crippen LogP contribution is 2.33. The molecular formula is C11H19NO3. The van der Waals surface area contributed by atoms with E-state index in [2.05, 4.69) is 11.9 Å². The number of hydrogen-bond acceptors (Lipinski definition) is 3. The van der Waals surface area contributed by atoms with Crippen LogP contribution >= 0.6 is 0 Å². The maximum absolute atomic E-state index is 11.2. The van der Waals surface area contributed by atoms with E-state index in [1.807, 2.05) is 0 Å². The first kappa shape index (κ1) is 10.9. The Kier molecular flexibility index (Phi) is 3.26. The molecule has 3 unspecified atom stereocenters. The fourth-order valence-electron chi connectivity index (χ4n) is 2.91. The van der Waals surface area contributed by atoms with Crippen LogP contribution in [0.5, 0.6) is 0 Å². The molecule has 2 saturated heterocycles. The molecule has 1 N–H and O–H groups in total. The fourth-order valence-corrected chi connectivity index (χ4v) is 2.91. The molecule has 2 aliphatic heterocycles. The van der Waals surface area contributed by atoms with E-state index in [-0.39, 0.29) is 11.8 Å². The Morgan fingerprint density at radius 1 is 1.47 bits per heavy atom. The van der Waals surface area contributed by atoms with E-state index in [1.165, 1.54) is 0 Å². The largest absolute Gasteiger partial charge is 0.481 e. The second kappa shape index (κ2) is 4.49. The minimum absolute atomic E-state index is 0.163. The lowest BCUT2D eigenvalue weighted by atomic mass is 9.81. The minimum atomic E-state index is -0.623. The normalized spacial score (nSPS) is 38.1. The Morgan fingerprint density at radius 2 is 2.27 bits per heavy atom. The molecule has 4 nitrogen and oxygen atoms in total. The van der Waals surface area contributed by atoms with Crippen LogP contribution in [-0.2, 0) is 9.53 Å². The number of hydrogen-bond donors (Lipinski definition) is 1. The third-order valence-corrected chi connectivity index (χ3v) is 3.80. The predicted molar refractivity (Wildman–Crippen MR) is 55.7 cm³/mol. The molecule has 2 fully saturated rings. The summed E-state index contributed by atoms with van der Waals surface area (Å²) in [6, 6.07) is 0.308. The second-order valence-electron chi connectivity index (χ2n) is 4.66. The van der Waals surface area contributed by atoms with Crippen LogP contribution in [0.1, 0.15) is 19.3 Å². The van der Waals surface area contributed by atoms with Crippen molar-refractivity contribution >= 4 is 5.97 Å². The minimum Gasteiger partial charge on any atom is -0.481 e. The molecule has 0 radical (unpaired) electrons. The molecule has 0 aliphatic carbocycles. The van der Waals surface area contributed by atoms with E-state index in [9.17, 15) is 9.90 Å². The molecule has 0 aromatic rings. The van der Waals surface area contributed by atoms with Crippen molar-refractivity contribution in [3.05, 3.63) is 0 Å². The van der Waals surface area contributed by atoms with Gasteiger partial charge in [-0.1, -0.05) is 0 Å². The molecule has 15 heavy (non-hydrogen) atoms. The summed E-state index contributed by atoms with van der Waals surface area (Å²) in [4.78, 5) is 13.5. The van der Waals surface area contributed by atoms with Crippen molar-refractivity contribution < 1.29 is 14.6 Å². The first-order valence-corrected chi connectivity index (χ1v) is 5.71. The van der Waals surface area contributed by atoms with Crippen molar-refractivity contribution in [2.45, 2.75) is 25.3 Å². The fraction of sp³-hybridized carbons (Fsp3) is 0.909. The maximum Gasteiger partial charge on any atom is 0.306 e. The van der Waals surface area contributed by atoms with Crippen LogP contribution in [0.25, 0.3) is 0 Å². The summed E-state index contributed by atoms with van der Waals surface area (Å²) in [7, 11) is 2.08. The molecule has 0 aromatic carbocycles. The summed E-state index contributed by atoms with van der Waals surface area (Å²) >= 11 is 0. The van der Waals surface area contributed by atoms with Gasteiger partial charge in [-0.3, -0.25) is 4.79 Å². The smallest absolute Gasteiger partial charge is 0.306 e. The van der Waals surface area contributed by atoms with E-state index < -0.39 is 5.97 Å². The van der Waals surface area contributed by atoms with Crippen LogP contribution < -0.4 is 0 Å². The number of likely N-dealkylation sites (N-methyl/N-ethyl adjacent to an activating group) is 1. The quantitative estimate of drug-likeness (QED) is 0.700. The second-order valence-corrected chi connectivity index (χ2v) is 4.66. The number of aliphatic carboxylic acids is 1. The molecule has 2 heterocycles. The first-order valence-electron chi connectivity index (χ1n) is 5.71. The van der Waals surface area contributed by atoms with Gasteiger partial charge in [-0.2, -0.15) is 0 Å². The number of ether oxygens (including phenoxy) is 1. The molecule has 3 atom stereocenters. The number of carbonyl (C=O) groups is 1. The highest BCUT2D eigenvalue weighted by molar-refractivity contribution is 5.70. The number of nitrogens with zero attached hydrogens (tertiary/aromatic N) is 1. The summed E-state index contributed by atoms with van der Waals surface area (Å²) in [5.74, 6) is -0.505. The van der Waals surface area contributed by atoms with Crippen LogP contribution in [0.2, 0.25) is 0 Å². The molecule has 86 valence electrons. The zero-order chi connectivity index (χ0) is 10.8. The van der Waals surface area contributed by atoms with Crippen molar-refractivity contribution in [1.82, 2.24) is 4.90 Å². The standard InChI is InChI=1S/C11H19NO3/c1-12-5-2-3-9(11(13)14)8-4-6-15-7-10(8)12/h8-10H,2-7H2,1H3,(H,13,14). The van der Waals surface area contributed by atoms with Gasteiger partial charge in [-0.15, -0.1) is 0 Å². The Bertz CT molecular complexity index is 244. The number of carboxylic acids is 1. The maximum atomic E-state index is 11.2. The molecule has 0 bridgehead atoms. The number of likely N-dealkylation sites (tertiary alicyclic amines) is 1. The van der Waals surface area contributed by atoms with Gasteiger partial charge in [0, 0.05) is 12.6 Å². The van der Waals surface area contributed by atoms with Gasteiger partial charge in [-0.05, 0) is 38.8 Å². The average Bonchev–Trinajstić information content (AvgIpc) is 2.39. The van der Waals surface area contributed by atoms with E-state index in [4.69, 9.17) is 4.74 Å². The molecule has 0 amide bonds. The Balaban J connectivity index is 2.16. The summed E-state index contributed by atoms with van der Waals surface area (Å²) in [5.41, 5.74) is 0. The highest BCUT2D eigenvalue weighted by atomic mass is 16.5. The van der Waals surface area contributed by atoms with Crippen LogP contribution in [0.3, 0.4) is 0 Å². The van der Waals surface area contributed by atoms with Crippen molar-refractivity contribution in [3.8, 4) is 0 Å². The van der Waals surface area contributed by atoms with Crippen LogP contribution in [0.4, 0.5) is 0 Å². The summed E-state index contributed by atoms with van der Waals surface area (Å²) in [6.07, 6.45) is 2.70. The van der Waals surface area contributed by atoms with Gasteiger partial charge in [0.05, 0.1) is 12.5 Å². The molecule has 0 aromatic heterocycles. The predicted octanol–water partition coefficient (Wildman–Crippen LogP) is 0.818. The summed E-state index contributed by atoms with van der Waals surface area (Å²) in [5, 5.41) is 9.23. The van der Waals surface area contributed by atoms with E-state index in [0.717, 1.165) is 32.4 Å². The van der Waals surface area contributed by atoms with Gasteiger partial charge in [-0.25, -0.2) is 0 Å². The van der Waals surface area contributed by atoms with Gasteiger partial charge in [0.15, 0.2) is 0 Å². The van der Waals surface area contributed by atoms with Crippen molar-refractivity contribution in [1.29, 1.82) is 0 Å². The monoisotopic (exact) mass is 213 g/mol. The van der Waals surface area contributed by atoms with E-state index in [0.29, 0.717) is 12.6 Å². The van der Waals surface area contributed by atoms with Gasteiger partial charge in [0.2, 0.25) is 0 Å². The summed E-state index contributed by atoms with van der Waals surface area (Å²) in [6.45, 7) is 2.41. The van der Waals surface area contributed by atoms with Crippen molar-refractivity contribution in [2.24, 2.45) is 11.8 Å². The number of fused-ring (bicyclic) bond motifs is 1. The SMILES string of the molecule is CN1CCCC(C(=O)O)C2CCOCC21. The molecule has 0 spiro atoms. The Hall–Kier alpha value is -0.610. The lowest BCUT2D eigenvalue weighted by Crippen LogP contribution is -2.47. The molecule has 2 rings (SSSR count). The van der Waals surface area contributed by atoms with Gasteiger partial charge in [0.1, 0.15) is 0 Å². The Labute approximate surface area is 90.2 Å². The van der Waals surface area contributed by atoms with E-state index in [1.54, 1.807) is 0 Å². The van der Waals surface area contributed by atoms with Crippen LogP contribution in [0, 0.1) is 11.8 Å². The topological polar surface area (TPSA) is 49.8 Å². The third-order valence-electron chi connectivity index (χ3n) is 3.80. The zero-order valence-corrected chi connectivity index (χ0v) is 9.19. The lowest BCUT2D eigenvalue weighted by Gasteiger charge is -2.37. The number of rotatable bonds is 1. The van der Waals surface area contributed by atoms with Crippen LogP contribution in [0.15, 0.2) is 0 Å². The molecule has 0 saturated carbocycles. The molecule has 2 aliphatic rings. The van der Waals surface area contributed by atoms with Crippen molar-refractivity contribution in [2.75, 3.05) is 26.8 Å². The van der Waals surface area contributed by atoms with E-state index >= 15 is 0 Å². The van der Waals surface area contributed by atoms with Crippen LogP contribution in [-0.4, -0.2) is 48.8 Å². The molecular weight excluding hydrogens is 194 g/mol. The highest BCUT2D eigenvalue weighted by Gasteiger charge is 2.39. The molecule has 4 heteroatoms. The summed E-state index contributed by atoms with van der Waals surface area (Å²) < 4.78 is 5.46. The van der Waals surface area contributed by atoms with Gasteiger partial charge in [0.25, 0.3) is 0 Å². The van der Waals surface area contributed by atoms with Gasteiger partial charge >= 0.3 is 5.97 Å². The zero-order valence-electron chi connectivity index (χ0n) is 9.19. The van der Waals surface area contributed by atoms with Crippen molar-refractivity contribution in [3.63, 3.8) is 0 Å². The van der Waals surface area contributed by atoms with Gasteiger partial charge < -0.3 is 14.7 Å². The lowest BCUT2D eigenvalue weighted by molar-refractivity contribution is -0.146. The number of carboxylic acid groups (broad SMARTS) is 1. The first-order chi connectivity index (χ1) is 7.20. The average molecular weight is 213 g/mol. The Morgan fingerprint density at radius 3 is 3.00 bits per heavy atom. The third kappa shape index (κ3) is 2.16.